The highest BCUT2D eigenvalue weighted by molar-refractivity contribution is 5.83. The van der Waals surface area contributed by atoms with Crippen LogP contribution in [0, 0.1) is 19.8 Å². The largest absolute Gasteiger partial charge is 0.377 e. The van der Waals surface area contributed by atoms with Gasteiger partial charge in [0, 0.05) is 11.6 Å². The predicted octanol–water partition coefficient (Wildman–Crippen LogP) is 6.28. The second kappa shape index (κ2) is 5.49. The number of hydrogen-bond acceptors (Lipinski definition) is 1. The van der Waals surface area contributed by atoms with Crippen molar-refractivity contribution in [1.29, 1.82) is 0 Å². The molecule has 0 saturated carbocycles. The summed E-state index contributed by atoms with van der Waals surface area (Å²) in [6.07, 6.45) is 5.97. The molecule has 3 aromatic carbocycles. The van der Waals surface area contributed by atoms with Gasteiger partial charge in [-0.15, -0.1) is 0 Å². The Kier molecular flexibility index (Phi) is 3.24. The maximum Gasteiger partial charge on any atom is 0.0554 e. The van der Waals surface area contributed by atoms with Gasteiger partial charge >= 0.3 is 0 Å². The zero-order chi connectivity index (χ0) is 17.0. The minimum Gasteiger partial charge on any atom is -0.377 e. The van der Waals surface area contributed by atoms with Crippen molar-refractivity contribution in [1.82, 2.24) is 0 Å². The van der Waals surface area contributed by atoms with E-state index in [1.165, 1.54) is 38.7 Å². The second-order valence-corrected chi connectivity index (χ2v) is 7.57. The van der Waals surface area contributed by atoms with Gasteiger partial charge in [-0.2, -0.15) is 0 Å². The van der Waals surface area contributed by atoms with Gasteiger partial charge in [0.25, 0.3) is 0 Å². The molecule has 1 nitrogen and oxygen atoms in total. The molecule has 0 bridgehead atoms. The number of hydrogen-bond donors (Lipinski definition) is 1. The molecule has 0 aromatic heterocycles. The highest BCUT2D eigenvalue weighted by Crippen LogP contribution is 2.51. The number of anilines is 1. The van der Waals surface area contributed by atoms with Crippen LogP contribution in [0.3, 0.4) is 0 Å². The number of nitrogens with one attached hydrogen (secondary N) is 1. The zero-order valence-corrected chi connectivity index (χ0v) is 14.8. The van der Waals surface area contributed by atoms with Crippen LogP contribution in [0.1, 0.15) is 40.6 Å². The maximum atomic E-state index is 3.92. The van der Waals surface area contributed by atoms with E-state index in [9.17, 15) is 0 Å². The van der Waals surface area contributed by atoms with Gasteiger partial charge in [0.2, 0.25) is 0 Å². The molecule has 0 spiro atoms. The molecule has 0 radical (unpaired) electrons. The van der Waals surface area contributed by atoms with E-state index in [-0.39, 0.29) is 0 Å². The van der Waals surface area contributed by atoms with E-state index in [4.69, 9.17) is 0 Å². The number of aryl methyl sites for hydroxylation is 2. The first kappa shape index (κ1) is 14.8. The average Bonchev–Trinajstić information content (AvgIpc) is 3.13. The summed E-state index contributed by atoms with van der Waals surface area (Å²) < 4.78 is 0. The quantitative estimate of drug-likeness (QED) is 0.519. The predicted molar refractivity (Wildman–Crippen MR) is 106 cm³/mol. The first-order chi connectivity index (χ1) is 12.2. The number of allylic oxidation sites excluding steroid dienone is 2. The Balaban J connectivity index is 1.65. The minimum atomic E-state index is 0.373. The first-order valence-corrected chi connectivity index (χ1v) is 9.24. The Morgan fingerprint density at radius 2 is 1.68 bits per heavy atom. The van der Waals surface area contributed by atoms with Gasteiger partial charge in [-0.3, -0.25) is 0 Å². The summed E-state index contributed by atoms with van der Waals surface area (Å²) in [5, 5.41) is 6.56. The standard InChI is InChI=1S/C24H23N/c1-15-10-11-16(2)23-22(15)20-8-5-9-21(20)24(25-23)19-13-12-17-6-3-4-7-18(17)14-19/h3-8,10-14,20-21,24-25H,9H2,1-2H3. The molecular formula is C24H23N. The summed E-state index contributed by atoms with van der Waals surface area (Å²) in [5.41, 5.74) is 7.03. The Labute approximate surface area is 149 Å². The van der Waals surface area contributed by atoms with Crippen LogP contribution < -0.4 is 5.32 Å². The molecule has 1 heteroatoms. The van der Waals surface area contributed by atoms with Crippen LogP contribution in [0.15, 0.2) is 66.7 Å². The summed E-state index contributed by atoms with van der Waals surface area (Å²) >= 11 is 0. The van der Waals surface area contributed by atoms with Crippen LogP contribution in [0.5, 0.6) is 0 Å². The lowest BCUT2D eigenvalue weighted by atomic mass is 9.75. The normalized spacial score (nSPS) is 24.0. The van der Waals surface area contributed by atoms with Crippen molar-refractivity contribution in [3.8, 4) is 0 Å². The van der Waals surface area contributed by atoms with Gasteiger partial charge in [0.05, 0.1) is 6.04 Å². The van der Waals surface area contributed by atoms with Crippen LogP contribution in [-0.4, -0.2) is 0 Å². The molecule has 1 heterocycles. The fraction of sp³-hybridized carbons (Fsp3) is 0.250. The SMILES string of the molecule is Cc1ccc(C)c2c1NC(c1ccc3ccccc3c1)C1CC=CC21. The van der Waals surface area contributed by atoms with Crippen molar-refractivity contribution in [2.24, 2.45) is 5.92 Å². The molecular weight excluding hydrogens is 302 g/mol. The van der Waals surface area contributed by atoms with E-state index >= 15 is 0 Å². The highest BCUT2D eigenvalue weighted by Gasteiger charge is 2.39. The van der Waals surface area contributed by atoms with Crippen LogP contribution in [0.25, 0.3) is 10.8 Å². The van der Waals surface area contributed by atoms with Gasteiger partial charge in [-0.1, -0.05) is 60.7 Å². The fourth-order valence-corrected chi connectivity index (χ4v) is 4.77. The average molecular weight is 325 g/mol. The Morgan fingerprint density at radius 3 is 2.56 bits per heavy atom. The fourth-order valence-electron chi connectivity index (χ4n) is 4.77. The van der Waals surface area contributed by atoms with Gasteiger partial charge in [-0.05, 0) is 65.3 Å². The molecule has 25 heavy (non-hydrogen) atoms. The number of fused-ring (bicyclic) bond motifs is 4. The molecule has 1 aliphatic carbocycles. The molecule has 124 valence electrons. The summed E-state index contributed by atoms with van der Waals surface area (Å²) in [7, 11) is 0. The summed E-state index contributed by atoms with van der Waals surface area (Å²) in [5.74, 6) is 1.14. The van der Waals surface area contributed by atoms with Crippen LogP contribution in [0.4, 0.5) is 5.69 Å². The Morgan fingerprint density at radius 1 is 0.880 bits per heavy atom. The molecule has 0 amide bonds. The third kappa shape index (κ3) is 2.22. The molecule has 2 aliphatic rings. The van der Waals surface area contributed by atoms with Gasteiger partial charge < -0.3 is 5.32 Å². The number of benzene rings is 3. The van der Waals surface area contributed by atoms with Crippen molar-refractivity contribution in [3.05, 3.63) is 89.0 Å². The lowest BCUT2D eigenvalue weighted by molar-refractivity contribution is 0.424. The topological polar surface area (TPSA) is 12.0 Å². The van der Waals surface area contributed by atoms with E-state index in [1.807, 2.05) is 0 Å². The van der Waals surface area contributed by atoms with Crippen LogP contribution in [-0.2, 0) is 0 Å². The third-order valence-electron chi connectivity index (χ3n) is 6.08. The van der Waals surface area contributed by atoms with E-state index in [1.54, 1.807) is 0 Å². The van der Waals surface area contributed by atoms with Crippen LogP contribution in [0.2, 0.25) is 0 Å². The Hall–Kier alpha value is -2.54. The summed E-state index contributed by atoms with van der Waals surface area (Å²) in [6.45, 7) is 4.47. The van der Waals surface area contributed by atoms with Crippen molar-refractivity contribution in [3.63, 3.8) is 0 Å². The molecule has 3 atom stereocenters. The molecule has 0 fully saturated rings. The molecule has 0 saturated heterocycles. The number of rotatable bonds is 1. The second-order valence-electron chi connectivity index (χ2n) is 7.57. The molecule has 5 rings (SSSR count). The highest BCUT2D eigenvalue weighted by atomic mass is 15.0. The van der Waals surface area contributed by atoms with E-state index in [0.29, 0.717) is 17.9 Å². The minimum absolute atomic E-state index is 0.373. The van der Waals surface area contributed by atoms with Crippen molar-refractivity contribution in [2.75, 3.05) is 5.32 Å². The molecule has 3 unspecified atom stereocenters. The summed E-state index contributed by atoms with van der Waals surface area (Å²) in [6, 6.07) is 20.5. The first-order valence-electron chi connectivity index (χ1n) is 9.24. The van der Waals surface area contributed by atoms with E-state index in [0.717, 1.165) is 6.42 Å². The van der Waals surface area contributed by atoms with Gasteiger partial charge in [-0.25, -0.2) is 0 Å². The van der Waals surface area contributed by atoms with Crippen molar-refractivity contribution < 1.29 is 0 Å². The zero-order valence-electron chi connectivity index (χ0n) is 14.8. The third-order valence-corrected chi connectivity index (χ3v) is 6.08. The van der Waals surface area contributed by atoms with Crippen molar-refractivity contribution in [2.45, 2.75) is 32.2 Å². The lowest BCUT2D eigenvalue weighted by Crippen LogP contribution is -2.30. The molecule has 1 N–H and O–H groups in total. The van der Waals surface area contributed by atoms with Crippen molar-refractivity contribution >= 4 is 16.5 Å². The van der Waals surface area contributed by atoms with Gasteiger partial charge in [0.1, 0.15) is 0 Å². The van der Waals surface area contributed by atoms with E-state index < -0.39 is 0 Å². The maximum absolute atomic E-state index is 3.92. The van der Waals surface area contributed by atoms with E-state index in [2.05, 4.69) is 85.9 Å². The van der Waals surface area contributed by atoms with Crippen LogP contribution >= 0.6 is 0 Å². The molecule has 1 aliphatic heterocycles. The summed E-state index contributed by atoms with van der Waals surface area (Å²) in [4.78, 5) is 0. The smallest absolute Gasteiger partial charge is 0.0554 e. The lowest BCUT2D eigenvalue weighted by Gasteiger charge is -2.39. The monoisotopic (exact) mass is 325 g/mol. The van der Waals surface area contributed by atoms with Gasteiger partial charge in [0.15, 0.2) is 0 Å². The Bertz CT molecular complexity index is 998. The molecule has 3 aromatic rings.